The SMILES string of the molecule is CCCOc1ccc(F)cc1C(C)CCC#N. The van der Waals surface area contributed by atoms with Crippen LogP contribution in [0, 0.1) is 17.1 Å². The van der Waals surface area contributed by atoms with Crippen molar-refractivity contribution in [1.82, 2.24) is 0 Å². The molecule has 1 aromatic carbocycles. The fraction of sp³-hybridized carbons (Fsp3) is 0.500. The van der Waals surface area contributed by atoms with E-state index in [1.165, 1.54) is 12.1 Å². The van der Waals surface area contributed by atoms with Gasteiger partial charge in [0.05, 0.1) is 12.7 Å². The second-order valence-corrected chi connectivity index (χ2v) is 4.13. The van der Waals surface area contributed by atoms with Crippen molar-refractivity contribution in [2.24, 2.45) is 0 Å². The zero-order valence-electron chi connectivity index (χ0n) is 10.4. The average molecular weight is 235 g/mol. The highest BCUT2D eigenvalue weighted by molar-refractivity contribution is 5.36. The normalized spacial score (nSPS) is 11.9. The van der Waals surface area contributed by atoms with Gasteiger partial charge in [-0.3, -0.25) is 0 Å². The molecule has 0 bridgehead atoms. The first kappa shape index (κ1) is 13.5. The second-order valence-electron chi connectivity index (χ2n) is 4.13. The first-order chi connectivity index (χ1) is 8.19. The van der Waals surface area contributed by atoms with Crippen molar-refractivity contribution in [1.29, 1.82) is 5.26 Å². The Balaban J connectivity index is 2.86. The zero-order valence-corrected chi connectivity index (χ0v) is 10.4. The molecule has 0 aromatic heterocycles. The molecule has 0 saturated heterocycles. The summed E-state index contributed by atoms with van der Waals surface area (Å²) in [7, 11) is 0. The van der Waals surface area contributed by atoms with Gasteiger partial charge in [0.2, 0.25) is 0 Å². The molecule has 0 saturated carbocycles. The lowest BCUT2D eigenvalue weighted by atomic mass is 9.95. The summed E-state index contributed by atoms with van der Waals surface area (Å²) >= 11 is 0. The summed E-state index contributed by atoms with van der Waals surface area (Å²) in [5.41, 5.74) is 0.855. The van der Waals surface area contributed by atoms with Crippen LogP contribution in [0.3, 0.4) is 0 Å². The van der Waals surface area contributed by atoms with Crippen molar-refractivity contribution in [2.45, 2.75) is 39.0 Å². The van der Waals surface area contributed by atoms with Gasteiger partial charge in [0.25, 0.3) is 0 Å². The summed E-state index contributed by atoms with van der Waals surface area (Å²) in [5, 5.41) is 8.57. The largest absolute Gasteiger partial charge is 0.493 e. The molecule has 0 aliphatic rings. The van der Waals surface area contributed by atoms with Crippen LogP contribution in [0.2, 0.25) is 0 Å². The Morgan fingerprint density at radius 1 is 1.47 bits per heavy atom. The summed E-state index contributed by atoms with van der Waals surface area (Å²) < 4.78 is 18.8. The molecule has 0 heterocycles. The summed E-state index contributed by atoms with van der Waals surface area (Å²) in [6.45, 7) is 4.65. The molecule has 0 amide bonds. The first-order valence-corrected chi connectivity index (χ1v) is 5.98. The predicted octanol–water partition coefficient (Wildman–Crippen LogP) is 4.02. The van der Waals surface area contributed by atoms with Crippen LogP contribution < -0.4 is 4.74 Å². The van der Waals surface area contributed by atoms with Gasteiger partial charge in [0.1, 0.15) is 11.6 Å². The number of nitriles is 1. The highest BCUT2D eigenvalue weighted by atomic mass is 19.1. The van der Waals surface area contributed by atoms with Crippen molar-refractivity contribution in [2.75, 3.05) is 6.61 Å². The van der Waals surface area contributed by atoms with Gasteiger partial charge in [0, 0.05) is 6.42 Å². The van der Waals surface area contributed by atoms with Gasteiger partial charge >= 0.3 is 0 Å². The highest BCUT2D eigenvalue weighted by Crippen LogP contribution is 2.30. The number of halogens is 1. The molecule has 92 valence electrons. The van der Waals surface area contributed by atoms with Crippen molar-refractivity contribution in [3.63, 3.8) is 0 Å². The van der Waals surface area contributed by atoms with Crippen LogP contribution in [0.1, 0.15) is 44.6 Å². The Morgan fingerprint density at radius 3 is 2.88 bits per heavy atom. The minimum Gasteiger partial charge on any atom is -0.493 e. The Labute approximate surface area is 102 Å². The molecule has 1 unspecified atom stereocenters. The lowest BCUT2D eigenvalue weighted by Crippen LogP contribution is -2.02. The van der Waals surface area contributed by atoms with Gasteiger partial charge in [-0.05, 0) is 42.5 Å². The molecule has 0 aliphatic heterocycles. The van der Waals surface area contributed by atoms with E-state index in [1.807, 2.05) is 13.8 Å². The molecule has 17 heavy (non-hydrogen) atoms. The third-order valence-electron chi connectivity index (χ3n) is 2.65. The molecule has 0 N–H and O–H groups in total. The molecular weight excluding hydrogens is 217 g/mol. The van der Waals surface area contributed by atoms with E-state index in [9.17, 15) is 4.39 Å². The van der Waals surface area contributed by atoms with E-state index in [2.05, 4.69) is 6.07 Å². The molecule has 2 nitrogen and oxygen atoms in total. The third-order valence-corrected chi connectivity index (χ3v) is 2.65. The molecule has 0 radical (unpaired) electrons. The van der Waals surface area contributed by atoms with Crippen LogP contribution >= 0.6 is 0 Å². The fourth-order valence-corrected chi connectivity index (χ4v) is 1.68. The van der Waals surface area contributed by atoms with Crippen LogP contribution in [0.5, 0.6) is 5.75 Å². The molecule has 1 atom stereocenters. The van der Waals surface area contributed by atoms with E-state index in [0.717, 1.165) is 24.2 Å². The van der Waals surface area contributed by atoms with Crippen molar-refractivity contribution >= 4 is 0 Å². The molecule has 0 fully saturated rings. The van der Waals surface area contributed by atoms with Gasteiger partial charge in [-0.2, -0.15) is 5.26 Å². The third kappa shape index (κ3) is 4.07. The molecule has 0 aliphatic carbocycles. The van der Waals surface area contributed by atoms with Crippen molar-refractivity contribution in [3.05, 3.63) is 29.6 Å². The lowest BCUT2D eigenvalue weighted by Gasteiger charge is -2.16. The number of hydrogen-bond acceptors (Lipinski definition) is 2. The van der Waals surface area contributed by atoms with E-state index < -0.39 is 0 Å². The number of benzene rings is 1. The number of hydrogen-bond donors (Lipinski definition) is 0. The maximum atomic E-state index is 13.2. The van der Waals surface area contributed by atoms with E-state index in [-0.39, 0.29) is 11.7 Å². The second kappa shape index (κ2) is 6.90. The van der Waals surface area contributed by atoms with E-state index in [1.54, 1.807) is 6.07 Å². The molecule has 1 aromatic rings. The average Bonchev–Trinajstić information content (AvgIpc) is 2.34. The van der Waals surface area contributed by atoms with Crippen LogP contribution in [0.4, 0.5) is 4.39 Å². The maximum absolute atomic E-state index is 13.2. The lowest BCUT2D eigenvalue weighted by molar-refractivity contribution is 0.311. The van der Waals surface area contributed by atoms with Gasteiger partial charge in [0.15, 0.2) is 0 Å². The van der Waals surface area contributed by atoms with Crippen molar-refractivity contribution in [3.8, 4) is 11.8 Å². The fourth-order valence-electron chi connectivity index (χ4n) is 1.68. The first-order valence-electron chi connectivity index (χ1n) is 5.98. The van der Waals surface area contributed by atoms with Crippen LogP contribution in [0.25, 0.3) is 0 Å². The van der Waals surface area contributed by atoms with E-state index >= 15 is 0 Å². The predicted molar refractivity (Wildman–Crippen MR) is 65.4 cm³/mol. The molecular formula is C14H18FNO. The number of nitrogens with zero attached hydrogens (tertiary/aromatic N) is 1. The number of rotatable bonds is 6. The minimum atomic E-state index is -0.257. The van der Waals surface area contributed by atoms with Gasteiger partial charge in [-0.1, -0.05) is 13.8 Å². The Kier molecular flexibility index (Phi) is 5.48. The van der Waals surface area contributed by atoms with Gasteiger partial charge in [-0.25, -0.2) is 4.39 Å². The summed E-state index contributed by atoms with van der Waals surface area (Å²) in [6, 6.07) is 6.70. The Bertz CT molecular complexity index is 398. The Morgan fingerprint density at radius 2 is 2.24 bits per heavy atom. The number of ether oxygens (including phenoxy) is 1. The maximum Gasteiger partial charge on any atom is 0.123 e. The van der Waals surface area contributed by atoms with E-state index in [0.29, 0.717) is 13.0 Å². The van der Waals surface area contributed by atoms with Gasteiger partial charge in [-0.15, -0.1) is 0 Å². The highest BCUT2D eigenvalue weighted by Gasteiger charge is 2.12. The van der Waals surface area contributed by atoms with Crippen LogP contribution in [-0.2, 0) is 0 Å². The quantitative estimate of drug-likeness (QED) is 0.746. The summed E-state index contributed by atoms with van der Waals surface area (Å²) in [6.07, 6.45) is 2.12. The smallest absolute Gasteiger partial charge is 0.123 e. The van der Waals surface area contributed by atoms with Crippen LogP contribution in [-0.4, -0.2) is 6.61 Å². The Hall–Kier alpha value is -1.56. The van der Waals surface area contributed by atoms with Crippen molar-refractivity contribution < 1.29 is 9.13 Å². The molecule has 1 rings (SSSR count). The topological polar surface area (TPSA) is 33.0 Å². The standard InChI is InChI=1S/C14H18FNO/c1-3-9-17-14-7-6-12(15)10-13(14)11(2)5-4-8-16/h6-7,10-11H,3-5,9H2,1-2H3. The summed E-state index contributed by atoms with van der Waals surface area (Å²) in [4.78, 5) is 0. The zero-order chi connectivity index (χ0) is 12.7. The monoisotopic (exact) mass is 235 g/mol. The van der Waals surface area contributed by atoms with Crippen LogP contribution in [0.15, 0.2) is 18.2 Å². The molecule has 0 spiro atoms. The summed E-state index contributed by atoms with van der Waals surface area (Å²) in [5.74, 6) is 0.614. The molecule has 3 heteroatoms. The van der Waals surface area contributed by atoms with Gasteiger partial charge < -0.3 is 4.74 Å². The van der Waals surface area contributed by atoms with E-state index in [4.69, 9.17) is 10.00 Å². The minimum absolute atomic E-state index is 0.136.